The van der Waals surface area contributed by atoms with E-state index in [1.807, 2.05) is 0 Å². The lowest BCUT2D eigenvalue weighted by Gasteiger charge is -2.58. The maximum atomic E-state index is 12.2. The number of allylic oxidation sites excluding steroid dienone is 1. The Kier molecular flexibility index (Phi) is 8.56. The Labute approximate surface area is 230 Å². The molecule has 188 valence electrons. The summed E-state index contributed by atoms with van der Waals surface area (Å²) in [6.07, 6.45) is 17.2. The van der Waals surface area contributed by atoms with E-state index in [2.05, 4.69) is 85.9 Å². The molecule has 4 rings (SSSR count). The molecule has 3 saturated carbocycles. The Morgan fingerprint density at radius 1 is 1.06 bits per heavy atom. The van der Waals surface area contributed by atoms with Crippen LogP contribution in [0.4, 0.5) is 0 Å². The highest BCUT2D eigenvalue weighted by Gasteiger charge is 2.59. The van der Waals surface area contributed by atoms with Crippen LogP contribution in [-0.2, 0) is 9.53 Å². The molecule has 0 N–H and O–H groups in total. The number of halogens is 2. The van der Waals surface area contributed by atoms with Gasteiger partial charge in [-0.25, -0.2) is 0 Å². The fourth-order valence-corrected chi connectivity index (χ4v) is 9.26. The molecule has 0 aromatic carbocycles. The molecule has 4 heteroatoms. The number of fused-ring (bicyclic) bond motifs is 5. The van der Waals surface area contributed by atoms with Crippen LogP contribution in [0.3, 0.4) is 0 Å². The summed E-state index contributed by atoms with van der Waals surface area (Å²) in [6, 6.07) is 0. The van der Waals surface area contributed by atoms with Crippen molar-refractivity contribution in [3.05, 3.63) is 11.6 Å². The summed E-state index contributed by atoms with van der Waals surface area (Å²) in [5, 5.41) is 0. The summed E-state index contributed by atoms with van der Waals surface area (Å²) in [7, 11) is 0. The summed E-state index contributed by atoms with van der Waals surface area (Å²) in [5.41, 5.74) is 2.51. The monoisotopic (exact) mass is 680 g/mol. The first-order chi connectivity index (χ1) is 15.6. The predicted molar refractivity (Wildman–Crippen MR) is 155 cm³/mol. The van der Waals surface area contributed by atoms with Gasteiger partial charge in [0.1, 0.15) is 6.10 Å². The van der Waals surface area contributed by atoms with Gasteiger partial charge in [-0.3, -0.25) is 4.79 Å². The van der Waals surface area contributed by atoms with Gasteiger partial charge in [0.15, 0.2) is 1.93 Å². The van der Waals surface area contributed by atoms with E-state index in [1.54, 1.807) is 5.57 Å². The number of alkyl halides is 2. The lowest BCUT2D eigenvalue weighted by molar-refractivity contribution is -0.148. The predicted octanol–water partition coefficient (Wildman–Crippen LogP) is 9.14. The van der Waals surface area contributed by atoms with Crippen molar-refractivity contribution in [1.82, 2.24) is 0 Å². The highest BCUT2D eigenvalue weighted by Crippen LogP contribution is 2.67. The maximum Gasteiger partial charge on any atom is 0.329 e. The molecule has 0 saturated heterocycles. The molecule has 0 heterocycles. The fraction of sp³-hybridized carbons (Fsp3) is 0.897. The lowest BCUT2D eigenvalue weighted by atomic mass is 9.47. The number of esters is 1. The zero-order valence-corrected chi connectivity index (χ0v) is 25.9. The molecule has 2 nitrogen and oxygen atoms in total. The van der Waals surface area contributed by atoms with E-state index < -0.39 is 0 Å². The standard InChI is InChI=1S/C29H46I2O2/c1-18(2)7-6-8-19(3)23-11-12-24-22-10-9-20-17-21(33-27(32)26(30)31)13-15-28(20,4)25(22)14-16-29(23,24)5/h9,18-19,21-26H,6-8,10-17H2,1-5H3/t19-,21+,22+,23-,24+,25+,28+,29-/m1/s1. The lowest BCUT2D eigenvalue weighted by Crippen LogP contribution is -2.51. The van der Waals surface area contributed by atoms with E-state index in [1.165, 1.54) is 57.8 Å². The van der Waals surface area contributed by atoms with Gasteiger partial charge in [0.2, 0.25) is 0 Å². The zero-order chi connectivity index (χ0) is 24.0. The Balaban J connectivity index is 1.45. The Morgan fingerprint density at radius 3 is 2.52 bits per heavy atom. The van der Waals surface area contributed by atoms with Gasteiger partial charge in [0, 0.05) is 6.42 Å². The zero-order valence-electron chi connectivity index (χ0n) is 21.5. The van der Waals surface area contributed by atoms with Crippen LogP contribution < -0.4 is 0 Å². The first kappa shape index (κ1) is 26.7. The minimum absolute atomic E-state index is 0.0490. The van der Waals surface area contributed by atoms with Gasteiger partial charge in [-0.05, 0) is 91.3 Å². The van der Waals surface area contributed by atoms with Crippen molar-refractivity contribution in [2.24, 2.45) is 46.3 Å². The first-order valence-electron chi connectivity index (χ1n) is 13.7. The van der Waals surface area contributed by atoms with Crippen molar-refractivity contribution in [3.63, 3.8) is 0 Å². The van der Waals surface area contributed by atoms with E-state index in [0.717, 1.165) is 48.3 Å². The summed E-state index contributed by atoms with van der Waals surface area (Å²) in [4.78, 5) is 12.2. The average molecular weight is 680 g/mol. The number of rotatable bonds is 7. The van der Waals surface area contributed by atoms with E-state index in [-0.39, 0.29) is 14.0 Å². The van der Waals surface area contributed by atoms with Crippen molar-refractivity contribution in [3.8, 4) is 0 Å². The smallest absolute Gasteiger partial charge is 0.329 e. The summed E-state index contributed by atoms with van der Waals surface area (Å²) in [5.74, 6) is 5.22. The quantitative estimate of drug-likeness (QED) is 0.116. The van der Waals surface area contributed by atoms with Gasteiger partial charge >= 0.3 is 5.97 Å². The topological polar surface area (TPSA) is 26.3 Å². The first-order valence-corrected chi connectivity index (χ1v) is 16.2. The SMILES string of the molecule is CC(C)CCC[C@@H](C)[C@H]1CC[C@H]2[C@@H]3CC=C4C[C@@H](OC(=O)C(I)I)CC[C@]4(C)[C@H]3CC[C@]12C. The second kappa shape index (κ2) is 10.6. The third-order valence-corrected chi connectivity index (χ3v) is 11.7. The number of carbonyl (C=O) groups is 1. The number of ether oxygens (including phenoxy) is 1. The van der Waals surface area contributed by atoms with Crippen molar-refractivity contribution < 1.29 is 9.53 Å². The molecule has 4 aliphatic rings. The van der Waals surface area contributed by atoms with Gasteiger partial charge in [0.05, 0.1) is 0 Å². The van der Waals surface area contributed by atoms with E-state index in [4.69, 9.17) is 4.74 Å². The Hall–Kier alpha value is 0.670. The average Bonchev–Trinajstić information content (AvgIpc) is 3.11. The van der Waals surface area contributed by atoms with E-state index in [0.29, 0.717) is 10.8 Å². The Bertz CT molecular complexity index is 746. The van der Waals surface area contributed by atoms with Gasteiger partial charge in [-0.1, -0.05) is 111 Å². The van der Waals surface area contributed by atoms with Crippen LogP contribution in [0.1, 0.15) is 105 Å². The molecular weight excluding hydrogens is 634 g/mol. The van der Waals surface area contributed by atoms with E-state index in [9.17, 15) is 4.79 Å². The number of hydrogen-bond acceptors (Lipinski definition) is 2. The molecule has 0 spiro atoms. The molecule has 0 aromatic heterocycles. The van der Waals surface area contributed by atoms with Crippen LogP contribution >= 0.6 is 45.2 Å². The summed E-state index contributed by atoms with van der Waals surface area (Å²) in [6.45, 7) is 12.6. The summed E-state index contributed by atoms with van der Waals surface area (Å²) < 4.78 is 5.77. The molecule has 0 radical (unpaired) electrons. The highest BCUT2D eigenvalue weighted by molar-refractivity contribution is 14.2. The molecule has 0 aromatic rings. The molecule has 0 bridgehead atoms. The fourth-order valence-electron chi connectivity index (χ4n) is 8.97. The van der Waals surface area contributed by atoms with Crippen molar-refractivity contribution >= 4 is 51.2 Å². The van der Waals surface area contributed by atoms with Crippen LogP contribution in [0.25, 0.3) is 0 Å². The summed E-state index contributed by atoms with van der Waals surface area (Å²) >= 11 is 4.32. The maximum absolute atomic E-state index is 12.2. The third kappa shape index (κ3) is 5.23. The van der Waals surface area contributed by atoms with Gasteiger partial charge in [-0.2, -0.15) is 0 Å². The van der Waals surface area contributed by atoms with Crippen molar-refractivity contribution in [2.45, 2.75) is 113 Å². The molecule has 4 aliphatic carbocycles. The molecule has 0 aliphatic heterocycles. The number of hydrogen-bond donors (Lipinski definition) is 0. The third-order valence-electron chi connectivity index (χ3n) is 10.7. The van der Waals surface area contributed by atoms with Crippen LogP contribution in [0, 0.1) is 46.3 Å². The normalized spacial score (nSPS) is 41.2. The Morgan fingerprint density at radius 2 is 1.82 bits per heavy atom. The molecule has 3 fully saturated rings. The largest absolute Gasteiger partial charge is 0.461 e. The van der Waals surface area contributed by atoms with Gasteiger partial charge in [-0.15, -0.1) is 0 Å². The minimum Gasteiger partial charge on any atom is -0.461 e. The molecule has 0 unspecified atom stereocenters. The van der Waals surface area contributed by atoms with Crippen LogP contribution in [0.2, 0.25) is 0 Å². The second-order valence-electron chi connectivity index (χ2n) is 12.9. The van der Waals surface area contributed by atoms with Crippen molar-refractivity contribution in [2.75, 3.05) is 0 Å². The van der Waals surface area contributed by atoms with Gasteiger partial charge in [0.25, 0.3) is 0 Å². The highest BCUT2D eigenvalue weighted by atomic mass is 127. The molecule has 33 heavy (non-hydrogen) atoms. The van der Waals surface area contributed by atoms with Crippen LogP contribution in [0.15, 0.2) is 11.6 Å². The van der Waals surface area contributed by atoms with Crippen LogP contribution in [-0.4, -0.2) is 14.0 Å². The second-order valence-corrected chi connectivity index (χ2v) is 17.8. The van der Waals surface area contributed by atoms with Gasteiger partial charge < -0.3 is 4.74 Å². The van der Waals surface area contributed by atoms with E-state index >= 15 is 0 Å². The van der Waals surface area contributed by atoms with Crippen LogP contribution in [0.5, 0.6) is 0 Å². The molecule has 8 atom stereocenters. The molecule has 0 amide bonds. The van der Waals surface area contributed by atoms with Crippen molar-refractivity contribution in [1.29, 1.82) is 0 Å². The molecular formula is C29H46I2O2. The number of carbonyl (C=O) groups excluding carboxylic acids is 1. The minimum atomic E-state index is -0.0858.